The van der Waals surface area contributed by atoms with Gasteiger partial charge in [-0.25, -0.2) is 0 Å². The third-order valence-corrected chi connectivity index (χ3v) is 2.60. The maximum Gasteiger partial charge on any atom is 0.00532 e. The lowest BCUT2D eigenvalue weighted by Crippen LogP contribution is -2.38. The van der Waals surface area contributed by atoms with Crippen molar-refractivity contribution >= 4 is 0 Å². The van der Waals surface area contributed by atoms with Crippen molar-refractivity contribution in [3.63, 3.8) is 0 Å². The van der Waals surface area contributed by atoms with E-state index in [1.165, 1.54) is 13.0 Å². The summed E-state index contributed by atoms with van der Waals surface area (Å²) in [6, 6.07) is 1.90. The Morgan fingerprint density at radius 3 is 2.00 bits per heavy atom. The highest BCUT2D eigenvalue weighted by Gasteiger charge is 2.09. The average molecular weight is 200 g/mol. The zero-order valence-corrected chi connectivity index (χ0v) is 10.8. The fourth-order valence-electron chi connectivity index (χ4n) is 1.79. The molecule has 1 atom stereocenters. The molecule has 0 saturated carbocycles. The highest BCUT2D eigenvalue weighted by molar-refractivity contribution is 4.68. The zero-order chi connectivity index (χ0) is 11.1. The molecule has 0 aliphatic heterocycles. The van der Waals surface area contributed by atoms with Crippen molar-refractivity contribution in [3.8, 4) is 0 Å². The van der Waals surface area contributed by atoms with Crippen LogP contribution in [0, 0.1) is 0 Å². The third-order valence-electron chi connectivity index (χ3n) is 2.60. The van der Waals surface area contributed by atoms with Gasteiger partial charge < -0.3 is 10.2 Å². The smallest absolute Gasteiger partial charge is 0.00532 e. The number of nitrogens with zero attached hydrogens (tertiary/aromatic N) is 1. The predicted octanol–water partition coefficient (Wildman–Crippen LogP) is 2.49. The normalized spacial score (nSPS) is 14.4. The summed E-state index contributed by atoms with van der Waals surface area (Å²) in [6.07, 6.45) is 1.24. The molecule has 14 heavy (non-hydrogen) atoms. The monoisotopic (exact) mass is 200 g/mol. The molecule has 0 aromatic carbocycles. The minimum absolute atomic E-state index is 0.596. The van der Waals surface area contributed by atoms with Crippen molar-refractivity contribution in [2.75, 3.05) is 13.1 Å². The van der Waals surface area contributed by atoms with E-state index in [1.807, 2.05) is 0 Å². The van der Waals surface area contributed by atoms with E-state index in [9.17, 15) is 0 Å². The molecular formula is C12H28N2. The van der Waals surface area contributed by atoms with Crippen LogP contribution in [0.25, 0.3) is 0 Å². The van der Waals surface area contributed by atoms with Gasteiger partial charge in [0, 0.05) is 18.1 Å². The van der Waals surface area contributed by atoms with Crippen LogP contribution in [-0.2, 0) is 0 Å². The van der Waals surface area contributed by atoms with E-state index in [0.717, 1.165) is 6.54 Å². The largest absolute Gasteiger partial charge is 0.312 e. The van der Waals surface area contributed by atoms with Crippen molar-refractivity contribution in [2.45, 2.75) is 66.1 Å². The maximum atomic E-state index is 3.53. The molecule has 0 bridgehead atoms. The molecule has 0 aromatic heterocycles. The molecule has 0 amide bonds. The lowest BCUT2D eigenvalue weighted by atomic mass is 10.2. The highest BCUT2D eigenvalue weighted by atomic mass is 15.1. The Hall–Kier alpha value is -0.0800. The van der Waals surface area contributed by atoms with E-state index < -0.39 is 0 Å². The van der Waals surface area contributed by atoms with Crippen molar-refractivity contribution in [3.05, 3.63) is 0 Å². The number of nitrogens with one attached hydrogen (secondary N) is 1. The SMILES string of the molecule is CCN(CCC(C)NC(C)C)C(C)C. The minimum atomic E-state index is 0.596. The van der Waals surface area contributed by atoms with Crippen molar-refractivity contribution in [1.82, 2.24) is 10.2 Å². The Labute approximate surface area is 90.1 Å². The van der Waals surface area contributed by atoms with Crippen molar-refractivity contribution in [2.24, 2.45) is 0 Å². The van der Waals surface area contributed by atoms with Crippen LogP contribution in [0.4, 0.5) is 0 Å². The Morgan fingerprint density at radius 2 is 1.64 bits per heavy atom. The van der Waals surface area contributed by atoms with Crippen LogP contribution in [0.5, 0.6) is 0 Å². The summed E-state index contributed by atoms with van der Waals surface area (Å²) in [4.78, 5) is 2.51. The number of hydrogen-bond donors (Lipinski definition) is 1. The molecule has 2 heteroatoms. The first-order chi connectivity index (χ1) is 6.47. The predicted molar refractivity (Wildman–Crippen MR) is 64.7 cm³/mol. The van der Waals surface area contributed by atoms with Gasteiger partial charge in [0.1, 0.15) is 0 Å². The van der Waals surface area contributed by atoms with Gasteiger partial charge in [0.25, 0.3) is 0 Å². The second kappa shape index (κ2) is 7.24. The second-order valence-corrected chi connectivity index (χ2v) is 4.73. The molecule has 0 radical (unpaired) electrons. The fourth-order valence-corrected chi connectivity index (χ4v) is 1.79. The van der Waals surface area contributed by atoms with Gasteiger partial charge in [0.15, 0.2) is 0 Å². The topological polar surface area (TPSA) is 15.3 Å². The van der Waals surface area contributed by atoms with Crippen LogP contribution in [0.3, 0.4) is 0 Å². The molecular weight excluding hydrogens is 172 g/mol. The van der Waals surface area contributed by atoms with E-state index in [4.69, 9.17) is 0 Å². The Bertz CT molecular complexity index is 132. The molecule has 0 heterocycles. The van der Waals surface area contributed by atoms with E-state index >= 15 is 0 Å². The van der Waals surface area contributed by atoms with Gasteiger partial charge in [-0.15, -0.1) is 0 Å². The third kappa shape index (κ3) is 6.39. The molecule has 0 spiro atoms. The first-order valence-electron chi connectivity index (χ1n) is 5.97. The van der Waals surface area contributed by atoms with Crippen LogP contribution in [0.1, 0.15) is 48.0 Å². The average Bonchev–Trinajstić information content (AvgIpc) is 2.03. The van der Waals surface area contributed by atoms with E-state index in [2.05, 4.69) is 51.8 Å². The summed E-state index contributed by atoms with van der Waals surface area (Å²) in [5.74, 6) is 0. The summed E-state index contributed by atoms with van der Waals surface area (Å²) < 4.78 is 0. The van der Waals surface area contributed by atoms with Crippen molar-refractivity contribution in [1.29, 1.82) is 0 Å². The number of rotatable bonds is 7. The Morgan fingerprint density at radius 1 is 1.07 bits per heavy atom. The highest BCUT2D eigenvalue weighted by Crippen LogP contribution is 2.01. The standard InChI is InChI=1S/C12H28N2/c1-7-14(11(4)5)9-8-12(6)13-10(2)3/h10-13H,7-9H2,1-6H3. The zero-order valence-electron chi connectivity index (χ0n) is 10.8. The molecule has 0 aromatic rings. The van der Waals surface area contributed by atoms with Gasteiger partial charge in [0.2, 0.25) is 0 Å². The maximum absolute atomic E-state index is 3.53. The molecule has 1 N–H and O–H groups in total. The van der Waals surface area contributed by atoms with Crippen LogP contribution in [0.15, 0.2) is 0 Å². The van der Waals surface area contributed by atoms with Gasteiger partial charge in [-0.2, -0.15) is 0 Å². The quantitative estimate of drug-likeness (QED) is 0.679. The summed E-state index contributed by atoms with van der Waals surface area (Å²) >= 11 is 0. The van der Waals surface area contributed by atoms with Gasteiger partial charge in [0.05, 0.1) is 0 Å². The molecule has 0 rings (SSSR count). The second-order valence-electron chi connectivity index (χ2n) is 4.73. The van der Waals surface area contributed by atoms with Gasteiger partial charge in [-0.3, -0.25) is 0 Å². The van der Waals surface area contributed by atoms with Gasteiger partial charge in [-0.05, 0) is 40.3 Å². The number of hydrogen-bond acceptors (Lipinski definition) is 2. The lowest BCUT2D eigenvalue weighted by Gasteiger charge is -2.27. The summed E-state index contributed by atoms with van der Waals surface area (Å²) in [5, 5.41) is 3.53. The van der Waals surface area contributed by atoms with Gasteiger partial charge >= 0.3 is 0 Å². The molecule has 1 unspecified atom stereocenters. The fraction of sp³-hybridized carbons (Fsp3) is 1.00. The summed E-state index contributed by atoms with van der Waals surface area (Å²) in [5.41, 5.74) is 0. The Balaban J connectivity index is 3.68. The first-order valence-corrected chi connectivity index (χ1v) is 5.97. The minimum Gasteiger partial charge on any atom is -0.312 e. The summed E-state index contributed by atoms with van der Waals surface area (Å²) in [6.45, 7) is 15.8. The van der Waals surface area contributed by atoms with Crippen LogP contribution >= 0.6 is 0 Å². The van der Waals surface area contributed by atoms with E-state index in [1.54, 1.807) is 0 Å². The van der Waals surface area contributed by atoms with Crippen LogP contribution in [-0.4, -0.2) is 36.1 Å². The lowest BCUT2D eigenvalue weighted by molar-refractivity contribution is 0.220. The molecule has 0 saturated heterocycles. The molecule has 0 aliphatic rings. The van der Waals surface area contributed by atoms with Crippen molar-refractivity contribution < 1.29 is 0 Å². The molecule has 0 fully saturated rings. The first kappa shape index (κ1) is 13.9. The van der Waals surface area contributed by atoms with Crippen LogP contribution in [0.2, 0.25) is 0 Å². The molecule has 0 aliphatic carbocycles. The van der Waals surface area contributed by atoms with E-state index in [-0.39, 0.29) is 0 Å². The van der Waals surface area contributed by atoms with E-state index in [0.29, 0.717) is 18.1 Å². The van der Waals surface area contributed by atoms with Gasteiger partial charge in [-0.1, -0.05) is 20.8 Å². The molecule has 86 valence electrons. The summed E-state index contributed by atoms with van der Waals surface area (Å²) in [7, 11) is 0. The van der Waals surface area contributed by atoms with Crippen LogP contribution < -0.4 is 5.32 Å². The molecule has 2 nitrogen and oxygen atoms in total. The Kier molecular flexibility index (Phi) is 7.20.